The highest BCUT2D eigenvalue weighted by Gasteiger charge is 2.39. The number of alkyl halides is 3. The monoisotopic (exact) mass is 320 g/mol. The van der Waals surface area contributed by atoms with Crippen molar-refractivity contribution in [3.05, 3.63) is 75.7 Å². The molecule has 22 heavy (non-hydrogen) atoms. The Morgan fingerprint density at radius 3 is 2.27 bits per heavy atom. The molecule has 3 rings (SSSR count). The molecule has 2 aromatic rings. The van der Waals surface area contributed by atoms with Crippen LogP contribution in [0.25, 0.3) is 5.57 Å². The molecule has 0 atom stereocenters. The van der Waals surface area contributed by atoms with Gasteiger partial charge in [-0.15, -0.1) is 0 Å². The van der Waals surface area contributed by atoms with Gasteiger partial charge in [-0.2, -0.15) is 13.2 Å². The van der Waals surface area contributed by atoms with Gasteiger partial charge in [-0.25, -0.2) is 0 Å². The summed E-state index contributed by atoms with van der Waals surface area (Å²) in [5.74, 6) is -0.561. The number of hydrogen-bond acceptors (Lipinski definition) is 2. The molecule has 112 valence electrons. The minimum atomic E-state index is -4.50. The third-order valence-electron chi connectivity index (χ3n) is 3.40. The lowest BCUT2D eigenvalue weighted by atomic mass is 9.98. The van der Waals surface area contributed by atoms with Gasteiger partial charge in [-0.05, 0) is 29.8 Å². The predicted octanol–water partition coefficient (Wildman–Crippen LogP) is 5.20. The molecule has 2 aromatic carbocycles. The fourth-order valence-corrected chi connectivity index (χ4v) is 3.32. The average Bonchev–Trinajstić information content (AvgIpc) is 2.71. The smallest absolute Gasteiger partial charge is 0.288 e. The summed E-state index contributed by atoms with van der Waals surface area (Å²) in [4.78, 5) is 12.1. The molecule has 0 fully saturated rings. The first-order valence-corrected chi connectivity index (χ1v) is 7.39. The summed E-state index contributed by atoms with van der Waals surface area (Å²) in [5.41, 5.74) is -1.69. The van der Waals surface area contributed by atoms with Gasteiger partial charge in [0.15, 0.2) is 0 Å². The van der Waals surface area contributed by atoms with E-state index in [1.54, 1.807) is 42.5 Å². The number of ketones is 1. The lowest BCUT2D eigenvalue weighted by molar-refractivity contribution is -0.0322. The Morgan fingerprint density at radius 1 is 0.955 bits per heavy atom. The van der Waals surface area contributed by atoms with E-state index < -0.39 is 11.3 Å². The summed E-state index contributed by atoms with van der Waals surface area (Å²) in [6.45, 7) is 1.86. The summed E-state index contributed by atoms with van der Waals surface area (Å²) in [6, 6.07) is 13.8. The van der Waals surface area contributed by atoms with Crippen LogP contribution in [-0.2, 0) is 0 Å². The highest BCUT2D eigenvalue weighted by Crippen LogP contribution is 2.47. The Bertz CT molecular complexity index is 790. The molecule has 0 saturated heterocycles. The van der Waals surface area contributed by atoms with Crippen LogP contribution in [0, 0.1) is 6.92 Å². The van der Waals surface area contributed by atoms with Crippen molar-refractivity contribution in [2.75, 3.05) is 0 Å². The number of Topliss-reactive ketones (excluding diaryl/α,β-unsaturated/α-hetero) is 1. The highest BCUT2D eigenvalue weighted by atomic mass is 32.2. The van der Waals surface area contributed by atoms with Crippen molar-refractivity contribution in [1.29, 1.82) is 0 Å². The third-order valence-corrected chi connectivity index (χ3v) is 4.22. The molecule has 0 saturated carbocycles. The van der Waals surface area contributed by atoms with E-state index >= 15 is 0 Å². The maximum absolute atomic E-state index is 12.8. The largest absolute Gasteiger partial charge is 0.446 e. The number of fused-ring (bicyclic) bond motifs is 1. The lowest BCUT2D eigenvalue weighted by Crippen LogP contribution is -2.05. The molecule has 0 unspecified atom stereocenters. The third kappa shape index (κ3) is 2.68. The number of rotatable bonds is 2. The van der Waals surface area contributed by atoms with Crippen LogP contribution < -0.4 is 0 Å². The molecular formula is C17H11F3OS. The van der Waals surface area contributed by atoms with E-state index in [1.165, 1.54) is 0 Å². The van der Waals surface area contributed by atoms with Gasteiger partial charge in [0.25, 0.3) is 0 Å². The van der Waals surface area contributed by atoms with E-state index in [1.807, 2.05) is 13.0 Å². The van der Waals surface area contributed by atoms with Crippen molar-refractivity contribution >= 4 is 23.1 Å². The topological polar surface area (TPSA) is 17.1 Å². The van der Waals surface area contributed by atoms with E-state index in [-0.39, 0.29) is 16.7 Å². The fraction of sp³-hybridized carbons (Fsp3) is 0.118. The van der Waals surface area contributed by atoms with Crippen LogP contribution >= 0.6 is 11.8 Å². The van der Waals surface area contributed by atoms with Gasteiger partial charge in [0.2, 0.25) is 5.78 Å². The number of carbonyl (C=O) groups is 1. The van der Waals surface area contributed by atoms with Gasteiger partial charge in [-0.1, -0.05) is 54.1 Å². The fourth-order valence-electron chi connectivity index (χ4n) is 2.56. The van der Waals surface area contributed by atoms with E-state index in [4.69, 9.17) is 0 Å². The van der Waals surface area contributed by atoms with Crippen LogP contribution in [0.1, 0.15) is 27.0 Å². The maximum atomic E-state index is 12.8. The predicted molar refractivity (Wildman–Crippen MR) is 81.6 cm³/mol. The van der Waals surface area contributed by atoms with Crippen LogP contribution in [0.5, 0.6) is 0 Å². The Balaban J connectivity index is 2.24. The Hall–Kier alpha value is -2.01. The van der Waals surface area contributed by atoms with Crippen LogP contribution in [0.15, 0.2) is 53.4 Å². The quantitative estimate of drug-likeness (QED) is 0.756. The number of benzene rings is 2. The molecule has 1 aliphatic rings. The Labute approximate surface area is 129 Å². The van der Waals surface area contributed by atoms with E-state index in [9.17, 15) is 18.0 Å². The Morgan fingerprint density at radius 2 is 1.64 bits per heavy atom. The van der Waals surface area contributed by atoms with Crippen LogP contribution in [0.4, 0.5) is 13.2 Å². The first-order chi connectivity index (χ1) is 10.4. The van der Waals surface area contributed by atoms with E-state index in [0.717, 1.165) is 5.56 Å². The lowest BCUT2D eigenvalue weighted by Gasteiger charge is -2.10. The summed E-state index contributed by atoms with van der Waals surface area (Å²) >= 11 is -0.332. The zero-order chi connectivity index (χ0) is 15.9. The van der Waals surface area contributed by atoms with Crippen molar-refractivity contribution in [3.8, 4) is 0 Å². The molecule has 0 spiro atoms. The standard InChI is InChI=1S/C17H11F3OS/c1-10-5-4-6-11(9-10)14-12-7-2-3-8-13(12)15(21)16(14)22-17(18,19)20/h2-9H,1H3. The van der Waals surface area contributed by atoms with Crippen molar-refractivity contribution < 1.29 is 18.0 Å². The highest BCUT2D eigenvalue weighted by molar-refractivity contribution is 8.05. The zero-order valence-corrected chi connectivity index (χ0v) is 12.4. The van der Waals surface area contributed by atoms with Gasteiger partial charge >= 0.3 is 5.51 Å². The number of halogens is 3. The minimum Gasteiger partial charge on any atom is -0.288 e. The van der Waals surface area contributed by atoms with Gasteiger partial charge in [0.05, 0.1) is 4.91 Å². The second kappa shape index (κ2) is 5.32. The molecule has 1 nitrogen and oxygen atoms in total. The molecule has 0 heterocycles. The number of allylic oxidation sites excluding steroid dienone is 1. The summed E-state index contributed by atoms with van der Waals surface area (Å²) in [5, 5.41) is 0. The SMILES string of the molecule is Cc1cccc(C2=C(SC(F)(F)F)C(=O)c3ccccc32)c1. The van der Waals surface area contributed by atoms with E-state index in [0.29, 0.717) is 22.3 Å². The van der Waals surface area contributed by atoms with Crippen LogP contribution in [-0.4, -0.2) is 11.3 Å². The van der Waals surface area contributed by atoms with Crippen LogP contribution in [0.3, 0.4) is 0 Å². The van der Waals surface area contributed by atoms with Gasteiger partial charge in [0, 0.05) is 11.1 Å². The normalized spacial score (nSPS) is 14.5. The van der Waals surface area contributed by atoms with Crippen molar-refractivity contribution in [2.45, 2.75) is 12.4 Å². The van der Waals surface area contributed by atoms with Crippen molar-refractivity contribution in [2.24, 2.45) is 0 Å². The number of thioether (sulfide) groups is 1. The zero-order valence-electron chi connectivity index (χ0n) is 11.6. The number of hydrogen-bond donors (Lipinski definition) is 0. The van der Waals surface area contributed by atoms with Crippen molar-refractivity contribution in [1.82, 2.24) is 0 Å². The van der Waals surface area contributed by atoms with Gasteiger partial charge < -0.3 is 0 Å². The van der Waals surface area contributed by atoms with Gasteiger partial charge in [0.1, 0.15) is 0 Å². The molecule has 0 aliphatic heterocycles. The Kier molecular flexibility index (Phi) is 3.60. The molecule has 1 aliphatic carbocycles. The molecule has 0 N–H and O–H groups in total. The first kappa shape index (κ1) is 14.9. The molecule has 0 aromatic heterocycles. The molecule has 0 radical (unpaired) electrons. The molecule has 0 amide bonds. The van der Waals surface area contributed by atoms with Gasteiger partial charge in [-0.3, -0.25) is 4.79 Å². The van der Waals surface area contributed by atoms with Crippen molar-refractivity contribution in [3.63, 3.8) is 0 Å². The minimum absolute atomic E-state index is 0.251. The summed E-state index contributed by atoms with van der Waals surface area (Å²) in [6.07, 6.45) is 0. The average molecular weight is 320 g/mol. The second-order valence-corrected chi connectivity index (χ2v) is 6.07. The van der Waals surface area contributed by atoms with Crippen LogP contribution in [0.2, 0.25) is 0 Å². The van der Waals surface area contributed by atoms with E-state index in [2.05, 4.69) is 0 Å². The molecule has 5 heteroatoms. The number of aryl methyl sites for hydroxylation is 1. The second-order valence-electron chi connectivity index (χ2n) is 5.00. The summed E-state index contributed by atoms with van der Waals surface area (Å²) < 4.78 is 38.5. The number of carbonyl (C=O) groups excluding carboxylic acids is 1. The summed E-state index contributed by atoms with van der Waals surface area (Å²) in [7, 11) is 0. The molecular weight excluding hydrogens is 309 g/mol. The maximum Gasteiger partial charge on any atom is 0.446 e. The molecule has 0 bridgehead atoms. The first-order valence-electron chi connectivity index (χ1n) is 6.58.